The van der Waals surface area contributed by atoms with Crippen molar-refractivity contribution in [1.29, 1.82) is 0 Å². The highest BCUT2D eigenvalue weighted by Crippen LogP contribution is 2.30. The van der Waals surface area contributed by atoms with Crippen molar-refractivity contribution in [3.05, 3.63) is 59.8 Å². The molecule has 1 N–H and O–H groups in total. The summed E-state index contributed by atoms with van der Waals surface area (Å²) in [5.41, 5.74) is 2.01. The smallest absolute Gasteiger partial charge is 0.387 e. The lowest BCUT2D eigenvalue weighted by atomic mass is 10.1. The van der Waals surface area contributed by atoms with Crippen molar-refractivity contribution < 1.29 is 23.0 Å². The van der Waals surface area contributed by atoms with Gasteiger partial charge in [-0.05, 0) is 48.9 Å². The Morgan fingerprint density at radius 2 is 2.08 bits per heavy atom. The Kier molecular flexibility index (Phi) is 5.26. The molecule has 7 heteroatoms. The molecule has 0 spiro atoms. The zero-order chi connectivity index (χ0) is 18.5. The maximum atomic E-state index is 12.4. The molecule has 3 rings (SSSR count). The van der Waals surface area contributed by atoms with Crippen LogP contribution in [0.5, 0.6) is 11.5 Å². The number of carbonyl (C=O) groups is 1. The molecule has 2 aromatic carbocycles. The van der Waals surface area contributed by atoms with E-state index in [0.717, 1.165) is 10.9 Å². The van der Waals surface area contributed by atoms with Crippen molar-refractivity contribution in [2.45, 2.75) is 13.5 Å². The molecule has 1 aromatic heterocycles. The van der Waals surface area contributed by atoms with Crippen LogP contribution in [0.4, 0.5) is 8.78 Å². The van der Waals surface area contributed by atoms with Gasteiger partial charge in [-0.2, -0.15) is 13.9 Å². The number of carbonyl (C=O) groups excluding carboxylic acids is 1. The predicted molar refractivity (Wildman–Crippen MR) is 93.7 cm³/mol. The summed E-state index contributed by atoms with van der Waals surface area (Å²) in [6.07, 6.45) is 4.66. The van der Waals surface area contributed by atoms with E-state index in [4.69, 9.17) is 4.74 Å². The summed E-state index contributed by atoms with van der Waals surface area (Å²) in [5.74, 6) is -0.0306. The number of hydrogen-bond donors (Lipinski definition) is 1. The number of rotatable bonds is 7. The van der Waals surface area contributed by atoms with Gasteiger partial charge in [-0.25, -0.2) is 0 Å². The third-order valence-corrected chi connectivity index (χ3v) is 3.64. The first kappa shape index (κ1) is 17.6. The van der Waals surface area contributed by atoms with Crippen LogP contribution in [0.1, 0.15) is 22.8 Å². The molecule has 0 saturated carbocycles. The van der Waals surface area contributed by atoms with E-state index in [1.165, 1.54) is 12.1 Å². The number of fused-ring (bicyclic) bond motifs is 1. The number of benzene rings is 2. The van der Waals surface area contributed by atoms with Gasteiger partial charge in [0.2, 0.25) is 0 Å². The number of aromatic amines is 1. The number of ether oxygens (including phenoxy) is 2. The number of nitrogens with zero attached hydrogens (tertiary/aromatic N) is 1. The van der Waals surface area contributed by atoms with Crippen molar-refractivity contribution in [2.75, 3.05) is 6.61 Å². The van der Waals surface area contributed by atoms with E-state index >= 15 is 0 Å². The molecule has 0 aliphatic rings. The Morgan fingerprint density at radius 1 is 1.23 bits per heavy atom. The minimum absolute atomic E-state index is 0.0456. The number of halogens is 2. The second-order valence-electron chi connectivity index (χ2n) is 5.39. The van der Waals surface area contributed by atoms with E-state index in [9.17, 15) is 13.6 Å². The minimum Gasteiger partial charge on any atom is -0.490 e. The van der Waals surface area contributed by atoms with Gasteiger partial charge in [0, 0.05) is 10.9 Å². The van der Waals surface area contributed by atoms with Crippen LogP contribution in [0.15, 0.2) is 48.7 Å². The van der Waals surface area contributed by atoms with Gasteiger partial charge in [0.05, 0.1) is 18.3 Å². The Bertz CT molecular complexity index is 951. The molecule has 0 unspecified atom stereocenters. The van der Waals surface area contributed by atoms with Gasteiger partial charge in [0.1, 0.15) is 0 Å². The lowest BCUT2D eigenvalue weighted by molar-refractivity contribution is -0.0514. The Labute approximate surface area is 148 Å². The molecule has 26 heavy (non-hydrogen) atoms. The van der Waals surface area contributed by atoms with E-state index in [-0.39, 0.29) is 17.3 Å². The van der Waals surface area contributed by atoms with Crippen LogP contribution in [0.3, 0.4) is 0 Å². The number of nitrogens with one attached hydrogen (secondary N) is 1. The van der Waals surface area contributed by atoms with Gasteiger partial charge in [-0.1, -0.05) is 12.1 Å². The number of alkyl halides is 2. The summed E-state index contributed by atoms with van der Waals surface area (Å²) in [6, 6.07) is 9.74. The molecule has 0 aliphatic heterocycles. The van der Waals surface area contributed by atoms with Crippen LogP contribution >= 0.6 is 0 Å². The molecule has 5 nitrogen and oxygen atoms in total. The van der Waals surface area contributed by atoms with Crippen molar-refractivity contribution >= 4 is 22.8 Å². The van der Waals surface area contributed by atoms with E-state index in [2.05, 4.69) is 14.9 Å². The zero-order valence-electron chi connectivity index (χ0n) is 13.9. The average Bonchev–Trinajstić information content (AvgIpc) is 3.09. The van der Waals surface area contributed by atoms with Gasteiger partial charge in [0.15, 0.2) is 17.3 Å². The minimum atomic E-state index is -2.94. The van der Waals surface area contributed by atoms with E-state index < -0.39 is 6.61 Å². The quantitative estimate of drug-likeness (QED) is 0.500. The number of H-pyrrole nitrogens is 1. The van der Waals surface area contributed by atoms with Crippen LogP contribution in [-0.4, -0.2) is 29.2 Å². The van der Waals surface area contributed by atoms with Gasteiger partial charge in [0.25, 0.3) is 0 Å². The highest BCUT2D eigenvalue weighted by molar-refractivity contribution is 6.08. The molecule has 0 amide bonds. The van der Waals surface area contributed by atoms with Crippen molar-refractivity contribution in [2.24, 2.45) is 0 Å². The number of hydrogen-bond acceptors (Lipinski definition) is 4. The highest BCUT2D eigenvalue weighted by atomic mass is 19.3. The molecule has 0 fully saturated rings. The first-order valence-corrected chi connectivity index (χ1v) is 7.94. The third kappa shape index (κ3) is 4.05. The summed E-state index contributed by atoms with van der Waals surface area (Å²) in [4.78, 5) is 12.3. The second kappa shape index (κ2) is 7.77. The molecule has 0 saturated heterocycles. The number of aromatic nitrogens is 2. The fourth-order valence-electron chi connectivity index (χ4n) is 2.45. The molecule has 0 radical (unpaired) electrons. The first-order valence-electron chi connectivity index (χ1n) is 7.94. The molecular weight excluding hydrogens is 342 g/mol. The van der Waals surface area contributed by atoms with Gasteiger partial charge >= 0.3 is 6.61 Å². The monoisotopic (exact) mass is 358 g/mol. The van der Waals surface area contributed by atoms with E-state index in [1.54, 1.807) is 49.5 Å². The highest BCUT2D eigenvalue weighted by Gasteiger charge is 2.11. The molecule has 0 aliphatic carbocycles. The predicted octanol–water partition coefficient (Wildman–Crippen LogP) is 4.46. The maximum Gasteiger partial charge on any atom is 0.387 e. The molecule has 0 atom stereocenters. The molecule has 0 bridgehead atoms. The summed E-state index contributed by atoms with van der Waals surface area (Å²) in [7, 11) is 0. The van der Waals surface area contributed by atoms with Crippen LogP contribution in [0, 0.1) is 0 Å². The third-order valence-electron chi connectivity index (χ3n) is 3.64. The molecule has 134 valence electrons. The Balaban J connectivity index is 1.80. The van der Waals surface area contributed by atoms with Crippen LogP contribution < -0.4 is 9.47 Å². The van der Waals surface area contributed by atoms with Crippen LogP contribution in [0.2, 0.25) is 0 Å². The second-order valence-corrected chi connectivity index (χ2v) is 5.39. The number of ketones is 1. The SMILES string of the molecule is CCOc1cc(C=CC(=O)c2ccc3[nH]ncc3c2)ccc1OC(F)F. The fraction of sp³-hybridized carbons (Fsp3) is 0.158. The Hall–Kier alpha value is -3.22. The van der Waals surface area contributed by atoms with Crippen molar-refractivity contribution in [1.82, 2.24) is 10.2 Å². The Morgan fingerprint density at radius 3 is 2.85 bits per heavy atom. The van der Waals surface area contributed by atoms with Crippen LogP contribution in [0.25, 0.3) is 17.0 Å². The van der Waals surface area contributed by atoms with Gasteiger partial charge in [-0.15, -0.1) is 0 Å². The lowest BCUT2D eigenvalue weighted by Gasteiger charge is -2.11. The average molecular weight is 358 g/mol. The summed E-state index contributed by atoms with van der Waals surface area (Å²) in [6.45, 7) is -0.893. The van der Waals surface area contributed by atoms with Crippen molar-refractivity contribution in [3.8, 4) is 11.5 Å². The maximum absolute atomic E-state index is 12.4. The zero-order valence-corrected chi connectivity index (χ0v) is 13.9. The normalized spacial score (nSPS) is 11.4. The molecule has 3 aromatic rings. The van der Waals surface area contributed by atoms with Gasteiger partial charge < -0.3 is 9.47 Å². The summed E-state index contributed by atoms with van der Waals surface area (Å²) >= 11 is 0. The van der Waals surface area contributed by atoms with Crippen molar-refractivity contribution in [3.63, 3.8) is 0 Å². The van der Waals surface area contributed by atoms with E-state index in [1.807, 2.05) is 0 Å². The summed E-state index contributed by atoms with van der Waals surface area (Å²) < 4.78 is 34.6. The molecular formula is C19H16F2N2O3. The van der Waals surface area contributed by atoms with E-state index in [0.29, 0.717) is 17.7 Å². The first-order chi connectivity index (χ1) is 12.6. The fourth-order valence-corrected chi connectivity index (χ4v) is 2.45. The van der Waals surface area contributed by atoms with Crippen LogP contribution in [-0.2, 0) is 0 Å². The standard InChI is InChI=1S/C19H16F2N2O3/c1-2-25-18-9-12(4-8-17(18)26-19(20)21)3-7-16(24)13-5-6-15-14(10-13)11-22-23-15/h3-11,19H,2H2,1H3,(H,22,23). The number of allylic oxidation sites excluding steroid dienone is 1. The molecule has 1 heterocycles. The lowest BCUT2D eigenvalue weighted by Crippen LogP contribution is -2.04. The van der Waals surface area contributed by atoms with Gasteiger partial charge in [-0.3, -0.25) is 9.89 Å². The topological polar surface area (TPSA) is 64.2 Å². The summed E-state index contributed by atoms with van der Waals surface area (Å²) in [5, 5.41) is 7.58. The largest absolute Gasteiger partial charge is 0.490 e.